The summed E-state index contributed by atoms with van der Waals surface area (Å²) in [4.78, 5) is 32.0. The molecule has 4 heterocycles. The van der Waals surface area contributed by atoms with Crippen LogP contribution in [0.15, 0.2) is 45.4 Å². The van der Waals surface area contributed by atoms with Gasteiger partial charge < -0.3 is 0 Å². The zero-order valence-corrected chi connectivity index (χ0v) is 16.6. The molecular formula is C20H20FN5O2S. The molecule has 5 rings (SSSR count). The maximum Gasteiger partial charge on any atom is 0.332 e. The minimum absolute atomic E-state index is 0.0576. The van der Waals surface area contributed by atoms with Crippen LogP contribution in [-0.2, 0) is 26.1 Å². The maximum atomic E-state index is 13.1. The Morgan fingerprint density at radius 3 is 2.69 bits per heavy atom. The Morgan fingerprint density at radius 1 is 1.10 bits per heavy atom. The van der Waals surface area contributed by atoms with E-state index in [1.54, 1.807) is 28.0 Å². The van der Waals surface area contributed by atoms with Crippen LogP contribution in [-0.4, -0.2) is 37.3 Å². The topological polar surface area (TPSA) is 73.0 Å². The molecule has 0 bridgehead atoms. The molecule has 1 spiro atoms. The quantitative estimate of drug-likeness (QED) is 0.606. The third kappa shape index (κ3) is 3.44. The molecule has 1 saturated heterocycles. The summed E-state index contributed by atoms with van der Waals surface area (Å²) in [5, 5.41) is 7.56. The molecule has 2 aliphatic rings. The van der Waals surface area contributed by atoms with E-state index in [2.05, 4.69) is 15.0 Å². The molecule has 1 fully saturated rings. The second-order valence-electron chi connectivity index (χ2n) is 7.96. The fourth-order valence-electron chi connectivity index (χ4n) is 4.43. The molecule has 0 amide bonds. The SMILES string of the molecule is O=c1c(=O)n2c(nn1Cc1ccc(F)cc1)C[C@]1(CCN(Cc3nccs3)C1)C2. The van der Waals surface area contributed by atoms with Crippen LogP contribution in [0.2, 0.25) is 0 Å². The number of fused-ring (bicyclic) bond motifs is 1. The minimum Gasteiger partial charge on any atom is -0.296 e. The van der Waals surface area contributed by atoms with Gasteiger partial charge in [-0.05, 0) is 30.7 Å². The van der Waals surface area contributed by atoms with E-state index < -0.39 is 11.1 Å². The van der Waals surface area contributed by atoms with Crippen LogP contribution in [0.4, 0.5) is 4.39 Å². The predicted molar refractivity (Wildman–Crippen MR) is 106 cm³/mol. The van der Waals surface area contributed by atoms with E-state index in [1.165, 1.54) is 16.8 Å². The second kappa shape index (κ2) is 7.00. The van der Waals surface area contributed by atoms with Crippen LogP contribution in [0.3, 0.4) is 0 Å². The van der Waals surface area contributed by atoms with Gasteiger partial charge >= 0.3 is 11.1 Å². The third-order valence-corrected chi connectivity index (χ3v) is 6.61. The number of nitrogens with zero attached hydrogens (tertiary/aromatic N) is 5. The zero-order chi connectivity index (χ0) is 20.0. The molecule has 0 aliphatic carbocycles. The van der Waals surface area contributed by atoms with E-state index in [9.17, 15) is 14.0 Å². The maximum absolute atomic E-state index is 13.1. The fraction of sp³-hybridized carbons (Fsp3) is 0.400. The number of halogens is 1. The first-order valence-corrected chi connectivity index (χ1v) is 10.5. The first kappa shape index (κ1) is 18.4. The van der Waals surface area contributed by atoms with Gasteiger partial charge in [-0.3, -0.25) is 19.1 Å². The Labute approximate surface area is 170 Å². The van der Waals surface area contributed by atoms with Gasteiger partial charge in [0.25, 0.3) is 0 Å². The second-order valence-corrected chi connectivity index (χ2v) is 8.94. The molecule has 1 aromatic carbocycles. The van der Waals surface area contributed by atoms with Crippen molar-refractivity contribution in [3.05, 3.63) is 78.8 Å². The van der Waals surface area contributed by atoms with Crippen molar-refractivity contribution in [2.75, 3.05) is 13.1 Å². The number of rotatable bonds is 4. The molecule has 0 unspecified atom stereocenters. The summed E-state index contributed by atoms with van der Waals surface area (Å²) in [6, 6.07) is 5.88. The van der Waals surface area contributed by atoms with Crippen LogP contribution < -0.4 is 11.1 Å². The van der Waals surface area contributed by atoms with Crippen LogP contribution in [0.5, 0.6) is 0 Å². The highest BCUT2D eigenvalue weighted by Crippen LogP contribution is 2.39. The van der Waals surface area contributed by atoms with Gasteiger partial charge in [0.15, 0.2) is 0 Å². The lowest BCUT2D eigenvalue weighted by Gasteiger charge is -2.22. The van der Waals surface area contributed by atoms with Crippen molar-refractivity contribution in [1.82, 2.24) is 24.2 Å². The Bertz CT molecular complexity index is 1160. The highest BCUT2D eigenvalue weighted by molar-refractivity contribution is 7.09. The minimum atomic E-state index is -0.632. The molecule has 0 saturated carbocycles. The van der Waals surface area contributed by atoms with E-state index in [0.717, 1.165) is 36.6 Å². The van der Waals surface area contributed by atoms with Gasteiger partial charge in [0.1, 0.15) is 16.6 Å². The Balaban J connectivity index is 1.38. The molecule has 2 aliphatic heterocycles. The van der Waals surface area contributed by atoms with Gasteiger partial charge in [-0.25, -0.2) is 14.1 Å². The number of benzene rings is 1. The number of likely N-dealkylation sites (tertiary alicyclic amines) is 1. The average Bonchev–Trinajstić information content (AvgIpc) is 3.43. The van der Waals surface area contributed by atoms with E-state index in [-0.39, 0.29) is 17.8 Å². The summed E-state index contributed by atoms with van der Waals surface area (Å²) in [6.45, 7) is 3.32. The van der Waals surface area contributed by atoms with Crippen molar-refractivity contribution in [3.63, 3.8) is 0 Å². The molecule has 0 N–H and O–H groups in total. The largest absolute Gasteiger partial charge is 0.332 e. The van der Waals surface area contributed by atoms with E-state index in [1.807, 2.05) is 11.6 Å². The lowest BCUT2D eigenvalue weighted by molar-refractivity contribution is 0.246. The Hall–Kier alpha value is -2.65. The average molecular weight is 413 g/mol. The van der Waals surface area contributed by atoms with Crippen molar-refractivity contribution >= 4 is 11.3 Å². The molecule has 7 nitrogen and oxygen atoms in total. The van der Waals surface area contributed by atoms with E-state index in [4.69, 9.17) is 0 Å². The first-order chi connectivity index (χ1) is 14.0. The number of hydrogen-bond donors (Lipinski definition) is 0. The van der Waals surface area contributed by atoms with Crippen molar-refractivity contribution in [1.29, 1.82) is 0 Å². The molecule has 9 heteroatoms. The summed E-state index contributed by atoms with van der Waals surface area (Å²) in [6.07, 6.45) is 3.46. The highest BCUT2D eigenvalue weighted by atomic mass is 32.1. The van der Waals surface area contributed by atoms with Gasteiger partial charge in [0.05, 0.1) is 13.1 Å². The highest BCUT2D eigenvalue weighted by Gasteiger charge is 2.44. The molecule has 3 aromatic rings. The van der Waals surface area contributed by atoms with Gasteiger partial charge in [-0.1, -0.05) is 12.1 Å². The van der Waals surface area contributed by atoms with Crippen LogP contribution >= 0.6 is 11.3 Å². The smallest absolute Gasteiger partial charge is 0.296 e. The van der Waals surface area contributed by atoms with Gasteiger partial charge in [-0.15, -0.1) is 11.3 Å². The Morgan fingerprint density at radius 2 is 1.93 bits per heavy atom. The molecular weight excluding hydrogens is 393 g/mol. The molecule has 29 heavy (non-hydrogen) atoms. The lowest BCUT2D eigenvalue weighted by atomic mass is 9.86. The van der Waals surface area contributed by atoms with Crippen LogP contribution in [0.1, 0.15) is 22.8 Å². The predicted octanol–water partition coefficient (Wildman–Crippen LogP) is 1.50. The fourth-order valence-corrected chi connectivity index (χ4v) is 5.09. The number of aromatic nitrogens is 4. The standard InChI is InChI=1S/C20H20FN5O2S/c21-15-3-1-14(2-4-15)10-26-19(28)18(27)25-13-20(9-16(25)23-26)5-7-24(12-20)11-17-22-6-8-29-17/h1-4,6,8H,5,7,9-13H2/t20-/m0/s1. The third-order valence-electron chi connectivity index (χ3n) is 5.84. The van der Waals surface area contributed by atoms with Crippen molar-refractivity contribution < 1.29 is 4.39 Å². The van der Waals surface area contributed by atoms with Crippen molar-refractivity contribution in [2.24, 2.45) is 5.41 Å². The number of thiazole rings is 1. The normalized spacial score (nSPS) is 21.1. The van der Waals surface area contributed by atoms with Crippen LogP contribution in [0, 0.1) is 11.2 Å². The molecule has 2 aromatic heterocycles. The van der Waals surface area contributed by atoms with Gasteiger partial charge in [0.2, 0.25) is 0 Å². The van der Waals surface area contributed by atoms with Crippen LogP contribution in [0.25, 0.3) is 0 Å². The summed E-state index contributed by atoms with van der Waals surface area (Å²) in [5.41, 5.74) is -0.480. The number of hydrogen-bond acceptors (Lipinski definition) is 6. The molecule has 0 radical (unpaired) electrons. The van der Waals surface area contributed by atoms with Crippen molar-refractivity contribution in [3.8, 4) is 0 Å². The van der Waals surface area contributed by atoms with Crippen molar-refractivity contribution in [2.45, 2.75) is 32.5 Å². The van der Waals surface area contributed by atoms with Gasteiger partial charge in [0, 0.05) is 36.5 Å². The van der Waals surface area contributed by atoms with Gasteiger partial charge in [-0.2, -0.15) is 5.10 Å². The monoisotopic (exact) mass is 413 g/mol. The van der Waals surface area contributed by atoms with E-state index >= 15 is 0 Å². The summed E-state index contributed by atoms with van der Waals surface area (Å²) in [7, 11) is 0. The molecule has 150 valence electrons. The van der Waals surface area contributed by atoms with E-state index in [0.29, 0.717) is 18.8 Å². The summed E-state index contributed by atoms with van der Waals surface area (Å²) >= 11 is 1.65. The molecule has 1 atom stereocenters. The lowest BCUT2D eigenvalue weighted by Crippen LogP contribution is -2.43. The summed E-state index contributed by atoms with van der Waals surface area (Å²) < 4.78 is 15.9. The first-order valence-electron chi connectivity index (χ1n) is 9.57. The zero-order valence-electron chi connectivity index (χ0n) is 15.8. The summed E-state index contributed by atoms with van der Waals surface area (Å²) in [5.74, 6) is 0.321. The Kier molecular flexibility index (Phi) is 4.44.